The van der Waals surface area contributed by atoms with Crippen molar-refractivity contribution in [1.82, 2.24) is 14.9 Å². The highest BCUT2D eigenvalue weighted by Gasteiger charge is 2.27. The Labute approximate surface area is 244 Å². The molecule has 0 bridgehead atoms. The highest BCUT2D eigenvalue weighted by molar-refractivity contribution is 9.10. The molecule has 1 saturated heterocycles. The maximum absolute atomic E-state index is 12.8. The van der Waals surface area contributed by atoms with Crippen LogP contribution in [-0.2, 0) is 16.4 Å². The van der Waals surface area contributed by atoms with Gasteiger partial charge in [0.25, 0.3) is 10.0 Å². The molecule has 1 aliphatic heterocycles. The maximum Gasteiger partial charge on any atom is 0.261 e. The van der Waals surface area contributed by atoms with E-state index >= 15 is 0 Å². The van der Waals surface area contributed by atoms with E-state index in [4.69, 9.17) is 4.98 Å². The molecule has 40 heavy (non-hydrogen) atoms. The number of hydrogen-bond donors (Lipinski definition) is 2. The molecule has 206 valence electrons. The van der Waals surface area contributed by atoms with Crippen LogP contribution in [0.3, 0.4) is 0 Å². The lowest BCUT2D eigenvalue weighted by Crippen LogP contribution is -2.22. The lowest BCUT2D eigenvalue weighted by atomic mass is 9.78. The first kappa shape index (κ1) is 26.9. The van der Waals surface area contributed by atoms with Crippen LogP contribution in [0.5, 0.6) is 0 Å². The molecule has 1 aliphatic carbocycles. The monoisotopic (exact) mass is 617 g/mol. The van der Waals surface area contributed by atoms with Gasteiger partial charge in [0.15, 0.2) is 0 Å². The normalized spacial score (nSPS) is 16.8. The number of anilines is 2. The van der Waals surface area contributed by atoms with Gasteiger partial charge in [0.05, 0.1) is 10.6 Å². The number of halogens is 1. The van der Waals surface area contributed by atoms with Gasteiger partial charge < -0.3 is 10.2 Å². The van der Waals surface area contributed by atoms with E-state index in [-0.39, 0.29) is 10.8 Å². The molecular weight excluding hydrogens is 586 g/mol. The van der Waals surface area contributed by atoms with E-state index in [2.05, 4.69) is 60.1 Å². The standard InChI is InChI=1S/C31H32BrN5O2S/c32-24-10-14-26(15-11-24)40(38,39)36-25-12-8-22(9-13-25)29-20-23-21-34-31(33-16-5-19-37-17-3-4-18-37)35-30(23)28-7-2-1-6-27(28)29/h1-2,6-15,21,29,36H,3-5,16-20H2,(H,33,34,35). The van der Waals surface area contributed by atoms with E-state index in [9.17, 15) is 8.42 Å². The predicted octanol–water partition coefficient (Wildman–Crippen LogP) is 6.29. The van der Waals surface area contributed by atoms with Crippen molar-refractivity contribution in [1.29, 1.82) is 0 Å². The van der Waals surface area contributed by atoms with Crippen LogP contribution in [0.1, 0.15) is 41.9 Å². The number of rotatable bonds is 9. The summed E-state index contributed by atoms with van der Waals surface area (Å²) in [5, 5.41) is 3.42. The van der Waals surface area contributed by atoms with E-state index in [1.807, 2.05) is 30.5 Å². The molecule has 7 nitrogen and oxygen atoms in total. The molecule has 0 radical (unpaired) electrons. The number of benzene rings is 3. The van der Waals surface area contributed by atoms with Crippen LogP contribution >= 0.6 is 15.9 Å². The van der Waals surface area contributed by atoms with Gasteiger partial charge in [-0.1, -0.05) is 52.3 Å². The van der Waals surface area contributed by atoms with E-state index in [1.165, 1.54) is 31.5 Å². The summed E-state index contributed by atoms with van der Waals surface area (Å²) in [5.41, 5.74) is 6.09. The Hall–Kier alpha value is -3.27. The van der Waals surface area contributed by atoms with E-state index < -0.39 is 10.0 Å². The van der Waals surface area contributed by atoms with E-state index in [0.29, 0.717) is 11.6 Å². The summed E-state index contributed by atoms with van der Waals surface area (Å²) in [7, 11) is -3.67. The second-order valence-electron chi connectivity index (χ2n) is 10.4. The minimum atomic E-state index is -3.67. The summed E-state index contributed by atoms with van der Waals surface area (Å²) in [4.78, 5) is 12.3. The molecule has 6 rings (SSSR count). The Morgan fingerprint density at radius 1 is 0.950 bits per heavy atom. The lowest BCUT2D eigenvalue weighted by Gasteiger charge is -2.27. The van der Waals surface area contributed by atoms with Crippen LogP contribution in [-0.4, -0.2) is 49.5 Å². The van der Waals surface area contributed by atoms with Crippen LogP contribution in [0.25, 0.3) is 11.3 Å². The van der Waals surface area contributed by atoms with Crippen molar-refractivity contribution in [2.45, 2.75) is 36.5 Å². The summed E-state index contributed by atoms with van der Waals surface area (Å²) >= 11 is 3.35. The Balaban J connectivity index is 1.17. The molecule has 1 atom stereocenters. The minimum Gasteiger partial charge on any atom is -0.354 e. The summed E-state index contributed by atoms with van der Waals surface area (Å²) in [6, 6.07) is 22.7. The number of nitrogens with zero attached hydrogens (tertiary/aromatic N) is 3. The van der Waals surface area contributed by atoms with Crippen LogP contribution in [0.15, 0.2) is 88.4 Å². The molecule has 2 N–H and O–H groups in total. The average Bonchev–Trinajstić information content (AvgIpc) is 3.49. The quantitative estimate of drug-likeness (QED) is 0.215. The fourth-order valence-electron chi connectivity index (χ4n) is 5.64. The molecule has 4 aromatic rings. The van der Waals surface area contributed by atoms with Crippen LogP contribution < -0.4 is 10.0 Å². The first-order chi connectivity index (χ1) is 19.5. The van der Waals surface area contributed by atoms with Gasteiger partial charge >= 0.3 is 0 Å². The fraction of sp³-hybridized carbons (Fsp3) is 0.290. The van der Waals surface area contributed by atoms with E-state index in [1.54, 1.807) is 24.3 Å². The smallest absolute Gasteiger partial charge is 0.261 e. The third kappa shape index (κ3) is 5.92. The van der Waals surface area contributed by atoms with Crippen LogP contribution in [0, 0.1) is 0 Å². The topological polar surface area (TPSA) is 87.2 Å². The zero-order chi connectivity index (χ0) is 27.5. The number of hydrogen-bond acceptors (Lipinski definition) is 6. The van der Waals surface area contributed by atoms with Crippen molar-refractivity contribution in [3.8, 4) is 11.3 Å². The summed E-state index contributed by atoms with van der Waals surface area (Å²) in [5.74, 6) is 0.805. The number of fused-ring (bicyclic) bond motifs is 3. The molecule has 3 aromatic carbocycles. The second-order valence-corrected chi connectivity index (χ2v) is 13.0. The van der Waals surface area contributed by atoms with Crippen LogP contribution in [0.4, 0.5) is 11.6 Å². The number of likely N-dealkylation sites (tertiary alicyclic amines) is 1. The fourth-order valence-corrected chi connectivity index (χ4v) is 6.96. The molecule has 1 aromatic heterocycles. The van der Waals surface area contributed by atoms with Gasteiger partial charge in [-0.3, -0.25) is 4.72 Å². The van der Waals surface area contributed by atoms with Crippen molar-refractivity contribution < 1.29 is 8.42 Å². The Morgan fingerprint density at radius 2 is 1.70 bits per heavy atom. The Bertz CT molecular complexity index is 1590. The largest absolute Gasteiger partial charge is 0.354 e. The molecule has 1 unspecified atom stereocenters. The van der Waals surface area contributed by atoms with Gasteiger partial charge in [-0.05, 0) is 98.4 Å². The third-order valence-corrected chi connectivity index (χ3v) is 9.63. The molecule has 1 fully saturated rings. The molecular formula is C31H32BrN5O2S. The number of aromatic nitrogens is 2. The molecule has 2 heterocycles. The van der Waals surface area contributed by atoms with Gasteiger partial charge in [0.1, 0.15) is 0 Å². The van der Waals surface area contributed by atoms with E-state index in [0.717, 1.165) is 52.8 Å². The highest BCUT2D eigenvalue weighted by atomic mass is 79.9. The average molecular weight is 619 g/mol. The van der Waals surface area contributed by atoms with Gasteiger partial charge in [-0.15, -0.1) is 0 Å². The summed E-state index contributed by atoms with van der Waals surface area (Å²) in [6.07, 6.45) is 6.45. The predicted molar refractivity (Wildman–Crippen MR) is 163 cm³/mol. The van der Waals surface area contributed by atoms with Crippen LogP contribution in [0.2, 0.25) is 0 Å². The first-order valence-electron chi connectivity index (χ1n) is 13.8. The lowest BCUT2D eigenvalue weighted by molar-refractivity contribution is 0.337. The number of sulfonamides is 1. The SMILES string of the molecule is O=S(=O)(Nc1ccc(C2Cc3cnc(NCCCN4CCCC4)nc3-c3ccccc32)cc1)c1ccc(Br)cc1. The Kier molecular flexibility index (Phi) is 7.87. The highest BCUT2D eigenvalue weighted by Crippen LogP contribution is 2.42. The van der Waals surface area contributed by atoms with Crippen molar-refractivity contribution in [3.05, 3.63) is 100 Å². The Morgan fingerprint density at radius 3 is 2.48 bits per heavy atom. The van der Waals surface area contributed by atoms with Gasteiger partial charge in [-0.2, -0.15) is 0 Å². The van der Waals surface area contributed by atoms with Crippen molar-refractivity contribution in [3.63, 3.8) is 0 Å². The second kappa shape index (κ2) is 11.7. The maximum atomic E-state index is 12.8. The first-order valence-corrected chi connectivity index (χ1v) is 16.0. The molecule has 9 heteroatoms. The van der Waals surface area contributed by atoms with Crippen molar-refractivity contribution in [2.75, 3.05) is 36.2 Å². The van der Waals surface area contributed by atoms with Gasteiger partial charge in [0, 0.05) is 34.4 Å². The summed E-state index contributed by atoms with van der Waals surface area (Å²) in [6.45, 7) is 4.42. The zero-order valence-electron chi connectivity index (χ0n) is 22.2. The zero-order valence-corrected chi connectivity index (χ0v) is 24.6. The van der Waals surface area contributed by atoms with Gasteiger partial charge in [-0.25, -0.2) is 18.4 Å². The molecule has 0 amide bonds. The third-order valence-electron chi connectivity index (χ3n) is 7.70. The number of nitrogens with one attached hydrogen (secondary N) is 2. The van der Waals surface area contributed by atoms with Crippen molar-refractivity contribution >= 4 is 37.6 Å². The van der Waals surface area contributed by atoms with Crippen molar-refractivity contribution in [2.24, 2.45) is 0 Å². The molecule has 2 aliphatic rings. The molecule has 0 saturated carbocycles. The van der Waals surface area contributed by atoms with Gasteiger partial charge in [0.2, 0.25) is 5.95 Å². The summed E-state index contributed by atoms with van der Waals surface area (Å²) < 4.78 is 29.2. The molecule has 0 spiro atoms. The minimum absolute atomic E-state index is 0.128.